The van der Waals surface area contributed by atoms with Crippen molar-refractivity contribution in [2.75, 3.05) is 11.9 Å². The van der Waals surface area contributed by atoms with Gasteiger partial charge in [0.25, 0.3) is 0 Å². The minimum atomic E-state index is -0.239. The Kier molecular flexibility index (Phi) is 5.16. The molecule has 4 heteroatoms. The molecule has 3 rings (SSSR count). The largest absolute Gasteiger partial charge is 0.339 e. The van der Waals surface area contributed by atoms with Gasteiger partial charge in [0.1, 0.15) is 0 Å². The summed E-state index contributed by atoms with van der Waals surface area (Å²) in [7, 11) is 0. The van der Waals surface area contributed by atoms with Crippen LogP contribution in [0.2, 0.25) is 0 Å². The van der Waals surface area contributed by atoms with Crippen LogP contribution >= 0.6 is 0 Å². The molecule has 0 bridgehead atoms. The Morgan fingerprint density at radius 2 is 1.96 bits per heavy atom. The first-order valence-corrected chi connectivity index (χ1v) is 9.54. The molecule has 1 aromatic carbocycles. The zero-order valence-corrected chi connectivity index (χ0v) is 15.8. The van der Waals surface area contributed by atoms with Gasteiger partial charge in [0.05, 0.1) is 5.92 Å². The number of benzene rings is 1. The van der Waals surface area contributed by atoms with Gasteiger partial charge in [-0.25, -0.2) is 0 Å². The van der Waals surface area contributed by atoms with E-state index in [2.05, 4.69) is 19.2 Å². The summed E-state index contributed by atoms with van der Waals surface area (Å²) < 4.78 is 0. The summed E-state index contributed by atoms with van der Waals surface area (Å²) in [6, 6.07) is 6.35. The van der Waals surface area contributed by atoms with Crippen LogP contribution in [-0.2, 0) is 9.59 Å². The smallest absolute Gasteiger partial charge is 0.229 e. The second kappa shape index (κ2) is 7.19. The van der Waals surface area contributed by atoms with Crippen LogP contribution in [0.5, 0.6) is 0 Å². The number of rotatable bonds is 3. The zero-order chi connectivity index (χ0) is 18.1. The molecule has 1 saturated heterocycles. The predicted molar refractivity (Wildman–Crippen MR) is 100 cm³/mol. The second-order valence-electron chi connectivity index (χ2n) is 8.09. The summed E-state index contributed by atoms with van der Waals surface area (Å²) in [5, 5.41) is 3.04. The van der Waals surface area contributed by atoms with Crippen LogP contribution in [-0.4, -0.2) is 29.3 Å². The Labute approximate surface area is 151 Å². The number of nitrogens with zero attached hydrogens (tertiary/aromatic N) is 1. The maximum atomic E-state index is 12.7. The third kappa shape index (κ3) is 3.73. The fourth-order valence-electron chi connectivity index (χ4n) is 4.33. The van der Waals surface area contributed by atoms with E-state index in [1.807, 2.05) is 36.9 Å². The molecular formula is C21H30N2O2. The molecular weight excluding hydrogens is 312 g/mol. The van der Waals surface area contributed by atoms with Crippen molar-refractivity contribution in [1.29, 1.82) is 0 Å². The van der Waals surface area contributed by atoms with Crippen LogP contribution in [0.1, 0.15) is 50.7 Å². The number of carbonyl (C=O) groups is 2. The first kappa shape index (κ1) is 18.0. The van der Waals surface area contributed by atoms with Gasteiger partial charge in [-0.1, -0.05) is 38.8 Å². The third-order valence-electron chi connectivity index (χ3n) is 6.24. The van der Waals surface area contributed by atoms with E-state index in [4.69, 9.17) is 0 Å². The number of amides is 2. The molecule has 0 unspecified atom stereocenters. The quantitative estimate of drug-likeness (QED) is 0.905. The Morgan fingerprint density at radius 1 is 1.20 bits per heavy atom. The van der Waals surface area contributed by atoms with Gasteiger partial charge in [0, 0.05) is 24.7 Å². The summed E-state index contributed by atoms with van der Waals surface area (Å²) in [6.45, 7) is 9.11. The van der Waals surface area contributed by atoms with Gasteiger partial charge in [0.2, 0.25) is 11.8 Å². The fraction of sp³-hybridized carbons (Fsp3) is 0.619. The molecule has 136 valence electrons. The zero-order valence-electron chi connectivity index (χ0n) is 15.8. The van der Waals surface area contributed by atoms with Crippen LogP contribution in [0.25, 0.3) is 0 Å². The number of likely N-dealkylation sites (tertiary alicyclic amines) is 1. The van der Waals surface area contributed by atoms with Crippen LogP contribution in [0.4, 0.5) is 5.69 Å². The lowest BCUT2D eigenvalue weighted by molar-refractivity contribution is -0.131. The summed E-state index contributed by atoms with van der Waals surface area (Å²) >= 11 is 0. The molecule has 1 heterocycles. The maximum Gasteiger partial charge on any atom is 0.229 e. The highest BCUT2D eigenvalue weighted by atomic mass is 16.2. The normalized spacial score (nSPS) is 29.8. The van der Waals surface area contributed by atoms with E-state index in [1.54, 1.807) is 0 Å². The summed E-state index contributed by atoms with van der Waals surface area (Å²) in [5.41, 5.74) is 3.03. The first-order valence-electron chi connectivity index (χ1n) is 9.54. The number of anilines is 1. The van der Waals surface area contributed by atoms with E-state index in [9.17, 15) is 9.59 Å². The molecule has 2 fully saturated rings. The molecule has 1 N–H and O–H groups in total. The first-order chi connectivity index (χ1) is 11.9. The number of hydrogen-bond acceptors (Lipinski definition) is 2. The van der Waals surface area contributed by atoms with Crippen molar-refractivity contribution in [3.63, 3.8) is 0 Å². The molecule has 1 saturated carbocycles. The van der Waals surface area contributed by atoms with Gasteiger partial charge >= 0.3 is 0 Å². The molecule has 0 radical (unpaired) electrons. The van der Waals surface area contributed by atoms with Gasteiger partial charge in [-0.3, -0.25) is 9.59 Å². The summed E-state index contributed by atoms with van der Waals surface area (Å²) in [5.74, 6) is 1.04. The average Bonchev–Trinajstić information content (AvgIpc) is 2.95. The maximum absolute atomic E-state index is 12.7. The Bertz CT molecular complexity index is 670. The molecule has 1 aliphatic carbocycles. The predicted octanol–water partition coefficient (Wildman–Crippen LogP) is 3.92. The molecule has 0 aromatic heterocycles. The van der Waals surface area contributed by atoms with E-state index in [1.165, 1.54) is 12.8 Å². The SMILES string of the molecule is Cc1ccc(C)c(NC(=O)[C@@H]2CC(=O)N([C@H]3CCC[C@H](C)[C@@H]3C)C2)c1. The lowest BCUT2D eigenvalue weighted by atomic mass is 9.77. The lowest BCUT2D eigenvalue weighted by Gasteiger charge is -2.40. The molecule has 1 aromatic rings. The standard InChI is InChI=1S/C21H30N2O2/c1-13-8-9-15(3)18(10-13)22-21(25)17-11-20(24)23(12-17)19-7-5-6-14(2)16(19)4/h8-10,14,16-17,19H,5-7,11-12H2,1-4H3,(H,22,25)/t14-,16-,17+,19-/m0/s1. The number of carbonyl (C=O) groups excluding carboxylic acids is 2. The second-order valence-corrected chi connectivity index (χ2v) is 8.09. The Hall–Kier alpha value is -1.84. The van der Waals surface area contributed by atoms with Crippen molar-refractivity contribution < 1.29 is 9.59 Å². The average molecular weight is 342 g/mol. The van der Waals surface area contributed by atoms with Crippen molar-refractivity contribution >= 4 is 17.5 Å². The van der Waals surface area contributed by atoms with Crippen molar-refractivity contribution in [2.45, 2.75) is 59.4 Å². The van der Waals surface area contributed by atoms with Crippen molar-refractivity contribution in [3.05, 3.63) is 29.3 Å². The van der Waals surface area contributed by atoms with E-state index >= 15 is 0 Å². The number of nitrogens with one attached hydrogen (secondary N) is 1. The summed E-state index contributed by atoms with van der Waals surface area (Å²) in [6.07, 6.45) is 3.84. The van der Waals surface area contributed by atoms with E-state index < -0.39 is 0 Å². The molecule has 2 aliphatic rings. The fourth-order valence-corrected chi connectivity index (χ4v) is 4.33. The van der Waals surface area contributed by atoms with E-state index in [0.717, 1.165) is 23.2 Å². The number of aryl methyl sites for hydroxylation is 2. The minimum Gasteiger partial charge on any atom is -0.339 e. The van der Waals surface area contributed by atoms with E-state index in [0.29, 0.717) is 30.8 Å². The topological polar surface area (TPSA) is 49.4 Å². The molecule has 25 heavy (non-hydrogen) atoms. The highest BCUT2D eigenvalue weighted by Gasteiger charge is 2.41. The highest BCUT2D eigenvalue weighted by Crippen LogP contribution is 2.36. The molecule has 0 spiro atoms. The van der Waals surface area contributed by atoms with Gasteiger partial charge in [-0.15, -0.1) is 0 Å². The van der Waals surface area contributed by atoms with Gasteiger partial charge in [-0.05, 0) is 49.3 Å². The molecule has 1 aliphatic heterocycles. The molecule has 4 nitrogen and oxygen atoms in total. The summed E-state index contributed by atoms with van der Waals surface area (Å²) in [4.78, 5) is 27.3. The minimum absolute atomic E-state index is 0.0268. The highest BCUT2D eigenvalue weighted by molar-refractivity contribution is 5.97. The van der Waals surface area contributed by atoms with Crippen molar-refractivity contribution in [3.8, 4) is 0 Å². The van der Waals surface area contributed by atoms with Crippen molar-refractivity contribution in [2.24, 2.45) is 17.8 Å². The van der Waals surface area contributed by atoms with Gasteiger partial charge < -0.3 is 10.2 Å². The van der Waals surface area contributed by atoms with Gasteiger partial charge in [0.15, 0.2) is 0 Å². The van der Waals surface area contributed by atoms with Crippen LogP contribution in [0.3, 0.4) is 0 Å². The number of hydrogen-bond donors (Lipinski definition) is 1. The van der Waals surface area contributed by atoms with Gasteiger partial charge in [-0.2, -0.15) is 0 Å². The Morgan fingerprint density at radius 3 is 2.72 bits per heavy atom. The van der Waals surface area contributed by atoms with Crippen molar-refractivity contribution in [1.82, 2.24) is 4.90 Å². The monoisotopic (exact) mass is 342 g/mol. The molecule has 4 atom stereocenters. The third-order valence-corrected chi connectivity index (χ3v) is 6.24. The van der Waals surface area contributed by atoms with Crippen LogP contribution in [0.15, 0.2) is 18.2 Å². The lowest BCUT2D eigenvalue weighted by Crippen LogP contribution is -2.45. The van der Waals surface area contributed by atoms with Crippen LogP contribution in [0, 0.1) is 31.6 Å². The van der Waals surface area contributed by atoms with E-state index in [-0.39, 0.29) is 17.7 Å². The van der Waals surface area contributed by atoms with Crippen LogP contribution < -0.4 is 5.32 Å². The Balaban J connectivity index is 1.67. The molecule has 2 amide bonds.